The van der Waals surface area contributed by atoms with E-state index in [9.17, 15) is 26.4 Å². The molecule has 0 bridgehead atoms. The van der Waals surface area contributed by atoms with Gasteiger partial charge in [-0.15, -0.1) is 0 Å². The van der Waals surface area contributed by atoms with Crippen LogP contribution >= 0.6 is 0 Å². The molecule has 1 aromatic carbocycles. The number of halogens is 3. The molecule has 0 aliphatic carbocycles. The number of alkyl halides is 3. The van der Waals surface area contributed by atoms with E-state index in [0.717, 1.165) is 12.3 Å². The Balaban J connectivity index is 2.16. The zero-order chi connectivity index (χ0) is 20.2. The van der Waals surface area contributed by atoms with Crippen LogP contribution in [-0.4, -0.2) is 30.9 Å². The Bertz CT molecular complexity index is 911. The first-order valence-electron chi connectivity index (χ1n) is 7.82. The number of hydrogen-bond donors (Lipinski definition) is 1. The lowest BCUT2D eigenvalue weighted by Crippen LogP contribution is -2.30. The lowest BCUT2D eigenvalue weighted by atomic mass is 10.2. The molecule has 0 saturated carbocycles. The van der Waals surface area contributed by atoms with Gasteiger partial charge in [0.05, 0.1) is 11.7 Å². The number of carbonyl (C=O) groups excluding carboxylic acids is 1. The second-order valence-corrected chi connectivity index (χ2v) is 7.66. The Morgan fingerprint density at radius 3 is 2.37 bits per heavy atom. The van der Waals surface area contributed by atoms with Crippen molar-refractivity contribution >= 4 is 15.7 Å². The standard InChI is InChI=1S/C17H17F3N2O4S/c1-11(2)26-13-7-5-12(6-8-13)10-22-15(23)14-4-3-9-21-16(14)27(24,25)17(18,19)20/h3-9,11H,10H2,1-2H3,(H,22,23). The second-order valence-electron chi connectivity index (χ2n) is 5.80. The van der Waals surface area contributed by atoms with E-state index in [2.05, 4.69) is 10.3 Å². The summed E-state index contributed by atoms with van der Waals surface area (Å²) in [6.07, 6.45) is 0.873. The minimum absolute atomic E-state index is 0.00450. The van der Waals surface area contributed by atoms with Crippen LogP contribution in [0, 0.1) is 0 Å². The summed E-state index contributed by atoms with van der Waals surface area (Å²) in [5.74, 6) is -0.348. The quantitative estimate of drug-likeness (QED) is 0.803. The number of nitrogens with one attached hydrogen (secondary N) is 1. The third-order valence-corrected chi connectivity index (χ3v) is 4.77. The molecule has 10 heteroatoms. The van der Waals surface area contributed by atoms with E-state index in [4.69, 9.17) is 4.74 Å². The van der Waals surface area contributed by atoms with Gasteiger partial charge in [-0.25, -0.2) is 13.4 Å². The zero-order valence-electron chi connectivity index (χ0n) is 14.4. The minimum Gasteiger partial charge on any atom is -0.491 e. The maximum Gasteiger partial charge on any atom is 0.503 e. The lowest BCUT2D eigenvalue weighted by Gasteiger charge is -2.12. The van der Waals surface area contributed by atoms with Crippen LogP contribution < -0.4 is 10.1 Å². The molecular formula is C17H17F3N2O4S. The molecule has 0 radical (unpaired) electrons. The summed E-state index contributed by atoms with van der Waals surface area (Å²) in [6, 6.07) is 8.88. The Kier molecular flexibility index (Phi) is 6.09. The van der Waals surface area contributed by atoms with Crippen LogP contribution in [0.25, 0.3) is 0 Å². The van der Waals surface area contributed by atoms with E-state index in [-0.39, 0.29) is 12.6 Å². The van der Waals surface area contributed by atoms with Gasteiger partial charge in [0, 0.05) is 12.7 Å². The van der Waals surface area contributed by atoms with Crippen molar-refractivity contribution in [3.63, 3.8) is 0 Å². The van der Waals surface area contributed by atoms with Gasteiger partial charge < -0.3 is 10.1 Å². The van der Waals surface area contributed by atoms with Gasteiger partial charge in [-0.2, -0.15) is 13.2 Å². The maximum atomic E-state index is 12.8. The van der Waals surface area contributed by atoms with Crippen LogP contribution in [0.4, 0.5) is 13.2 Å². The molecule has 27 heavy (non-hydrogen) atoms. The number of nitrogens with zero attached hydrogens (tertiary/aromatic N) is 1. The molecule has 6 nitrogen and oxygen atoms in total. The molecule has 0 aliphatic rings. The van der Waals surface area contributed by atoms with Crippen molar-refractivity contribution < 1.29 is 31.1 Å². The first kappa shape index (κ1) is 20.7. The fraction of sp³-hybridized carbons (Fsp3) is 0.294. The molecule has 2 aromatic rings. The Hall–Kier alpha value is -2.62. The van der Waals surface area contributed by atoms with Crippen molar-refractivity contribution in [2.45, 2.75) is 37.0 Å². The summed E-state index contributed by atoms with van der Waals surface area (Å²) in [5.41, 5.74) is -5.57. The summed E-state index contributed by atoms with van der Waals surface area (Å²) in [7, 11) is -5.74. The summed E-state index contributed by atoms with van der Waals surface area (Å²) in [6.45, 7) is 3.73. The average molecular weight is 402 g/mol. The van der Waals surface area contributed by atoms with Crippen molar-refractivity contribution in [1.82, 2.24) is 10.3 Å². The first-order chi connectivity index (χ1) is 12.5. The van der Waals surface area contributed by atoms with E-state index in [1.165, 1.54) is 6.07 Å². The van der Waals surface area contributed by atoms with Crippen LogP contribution in [-0.2, 0) is 16.4 Å². The third kappa shape index (κ3) is 4.97. The van der Waals surface area contributed by atoms with E-state index >= 15 is 0 Å². The van der Waals surface area contributed by atoms with Gasteiger partial charge in [0.2, 0.25) is 0 Å². The van der Waals surface area contributed by atoms with E-state index in [1.807, 2.05) is 13.8 Å². The van der Waals surface area contributed by atoms with Gasteiger partial charge in [0.25, 0.3) is 15.7 Å². The van der Waals surface area contributed by atoms with Gasteiger partial charge in [-0.05, 0) is 43.7 Å². The van der Waals surface area contributed by atoms with E-state index in [0.29, 0.717) is 11.3 Å². The van der Waals surface area contributed by atoms with Gasteiger partial charge in [0.15, 0.2) is 5.03 Å². The Labute approximate surface area is 154 Å². The molecular weight excluding hydrogens is 385 g/mol. The highest BCUT2D eigenvalue weighted by Gasteiger charge is 2.49. The van der Waals surface area contributed by atoms with Crippen LogP contribution in [0.3, 0.4) is 0 Å². The molecule has 1 amide bonds. The van der Waals surface area contributed by atoms with Crippen LogP contribution in [0.2, 0.25) is 0 Å². The van der Waals surface area contributed by atoms with Gasteiger partial charge >= 0.3 is 5.51 Å². The summed E-state index contributed by atoms with van der Waals surface area (Å²) >= 11 is 0. The Morgan fingerprint density at radius 2 is 1.81 bits per heavy atom. The minimum atomic E-state index is -5.74. The maximum absolute atomic E-state index is 12.8. The monoisotopic (exact) mass is 402 g/mol. The van der Waals surface area contributed by atoms with Crippen molar-refractivity contribution in [1.29, 1.82) is 0 Å². The van der Waals surface area contributed by atoms with E-state index in [1.54, 1.807) is 24.3 Å². The number of hydrogen-bond acceptors (Lipinski definition) is 5. The number of pyridine rings is 1. The van der Waals surface area contributed by atoms with Gasteiger partial charge in [-0.1, -0.05) is 12.1 Å². The number of carbonyl (C=O) groups is 1. The predicted octanol–water partition coefficient (Wildman–Crippen LogP) is 3.09. The molecule has 1 N–H and O–H groups in total. The highest BCUT2D eigenvalue weighted by Crippen LogP contribution is 2.30. The van der Waals surface area contributed by atoms with Gasteiger partial charge in [0.1, 0.15) is 5.75 Å². The normalized spacial score (nSPS) is 12.1. The molecule has 0 aliphatic heterocycles. The summed E-state index contributed by atoms with van der Waals surface area (Å²) in [4.78, 5) is 15.5. The average Bonchev–Trinajstić information content (AvgIpc) is 2.59. The van der Waals surface area contributed by atoms with Crippen LogP contribution in [0.1, 0.15) is 29.8 Å². The topological polar surface area (TPSA) is 85.4 Å². The Morgan fingerprint density at radius 1 is 1.19 bits per heavy atom. The molecule has 0 saturated heterocycles. The van der Waals surface area contributed by atoms with Crippen LogP contribution in [0.5, 0.6) is 5.75 Å². The summed E-state index contributed by atoms with van der Waals surface area (Å²) < 4.78 is 67.0. The number of sulfone groups is 1. The van der Waals surface area contributed by atoms with Gasteiger partial charge in [-0.3, -0.25) is 4.79 Å². The fourth-order valence-electron chi connectivity index (χ4n) is 2.12. The lowest BCUT2D eigenvalue weighted by molar-refractivity contribution is -0.0438. The molecule has 0 spiro atoms. The number of amides is 1. The predicted molar refractivity (Wildman–Crippen MR) is 90.9 cm³/mol. The number of ether oxygens (including phenoxy) is 1. The molecule has 1 heterocycles. The zero-order valence-corrected chi connectivity index (χ0v) is 15.3. The molecule has 0 fully saturated rings. The van der Waals surface area contributed by atoms with E-state index < -0.39 is 31.8 Å². The molecule has 1 aromatic heterocycles. The number of aromatic nitrogens is 1. The van der Waals surface area contributed by atoms with Crippen LogP contribution in [0.15, 0.2) is 47.6 Å². The van der Waals surface area contributed by atoms with Crippen molar-refractivity contribution in [2.75, 3.05) is 0 Å². The van der Waals surface area contributed by atoms with Crippen molar-refractivity contribution in [3.8, 4) is 5.75 Å². The highest BCUT2D eigenvalue weighted by atomic mass is 32.2. The van der Waals surface area contributed by atoms with Crippen molar-refractivity contribution in [2.24, 2.45) is 0 Å². The van der Waals surface area contributed by atoms with Crippen molar-refractivity contribution in [3.05, 3.63) is 53.7 Å². The number of rotatable bonds is 6. The highest BCUT2D eigenvalue weighted by molar-refractivity contribution is 7.92. The smallest absolute Gasteiger partial charge is 0.491 e. The SMILES string of the molecule is CC(C)Oc1ccc(CNC(=O)c2cccnc2S(=O)(=O)C(F)(F)F)cc1. The molecule has 0 unspecified atom stereocenters. The molecule has 0 atom stereocenters. The third-order valence-electron chi connectivity index (χ3n) is 3.32. The fourth-order valence-corrected chi connectivity index (χ4v) is 2.99. The molecule has 2 rings (SSSR count). The first-order valence-corrected chi connectivity index (χ1v) is 9.31. The largest absolute Gasteiger partial charge is 0.503 e. The second kappa shape index (κ2) is 7.95. The number of benzene rings is 1. The molecule has 146 valence electrons. The summed E-state index contributed by atoms with van der Waals surface area (Å²) in [5, 5.41) is 1.06.